The molecule has 0 unspecified atom stereocenters. The molecule has 0 aliphatic carbocycles. The zero-order valence-electron chi connectivity index (χ0n) is 13.8. The fourth-order valence-electron chi connectivity index (χ4n) is 2.95. The van der Waals surface area contributed by atoms with Gasteiger partial charge in [0.05, 0.1) is 6.54 Å². The molecule has 1 aliphatic rings. The number of hydrogen-bond acceptors (Lipinski definition) is 4. The second-order valence-corrected chi connectivity index (χ2v) is 6.22. The number of hydrogen-bond donors (Lipinski definition) is 1. The first kappa shape index (κ1) is 16.5. The highest BCUT2D eigenvalue weighted by molar-refractivity contribution is 5.20. The summed E-state index contributed by atoms with van der Waals surface area (Å²) in [5, 5.41) is 3.39. The minimum absolute atomic E-state index is 0.779. The lowest BCUT2D eigenvalue weighted by atomic mass is 10.00. The molecule has 0 aromatic carbocycles. The van der Waals surface area contributed by atoms with Crippen LogP contribution in [0, 0.1) is 12.8 Å². The summed E-state index contributed by atoms with van der Waals surface area (Å²) in [6.45, 7) is 10.1. The zero-order valence-corrected chi connectivity index (χ0v) is 13.8. The Hall–Kier alpha value is -0.840. The fraction of sp³-hybridized carbons (Fsp3) is 0.765. The van der Waals surface area contributed by atoms with Crippen LogP contribution in [0.4, 0.5) is 0 Å². The van der Waals surface area contributed by atoms with Crippen molar-refractivity contribution in [2.45, 2.75) is 46.2 Å². The van der Waals surface area contributed by atoms with E-state index in [9.17, 15) is 0 Å². The van der Waals surface area contributed by atoms with Crippen LogP contribution in [0.15, 0.2) is 10.5 Å². The Bertz CT molecular complexity index is 411. The minimum Gasteiger partial charge on any atom is -0.465 e. The summed E-state index contributed by atoms with van der Waals surface area (Å²) in [6.07, 6.45) is 3.54. The molecule has 0 amide bonds. The zero-order chi connectivity index (χ0) is 15.1. The summed E-state index contributed by atoms with van der Waals surface area (Å²) in [5.41, 5.74) is 1.32. The van der Waals surface area contributed by atoms with E-state index >= 15 is 0 Å². The van der Waals surface area contributed by atoms with Crippen molar-refractivity contribution in [3.63, 3.8) is 0 Å². The van der Waals surface area contributed by atoms with Gasteiger partial charge in [-0.2, -0.15) is 0 Å². The average Bonchev–Trinajstić information content (AvgIpc) is 2.80. The van der Waals surface area contributed by atoms with Gasteiger partial charge in [0.15, 0.2) is 0 Å². The van der Waals surface area contributed by atoms with E-state index in [0.29, 0.717) is 0 Å². The van der Waals surface area contributed by atoms with Gasteiger partial charge in [-0.1, -0.05) is 6.92 Å². The molecule has 1 fully saturated rings. The molecule has 1 saturated heterocycles. The molecule has 1 aromatic heterocycles. The third-order valence-electron chi connectivity index (χ3n) is 4.15. The number of ether oxygens (including phenoxy) is 1. The highest BCUT2D eigenvalue weighted by Crippen LogP contribution is 2.19. The van der Waals surface area contributed by atoms with Gasteiger partial charge < -0.3 is 19.4 Å². The van der Waals surface area contributed by atoms with Gasteiger partial charge in [-0.3, -0.25) is 0 Å². The van der Waals surface area contributed by atoms with E-state index < -0.39 is 0 Å². The van der Waals surface area contributed by atoms with Crippen LogP contribution in [0.25, 0.3) is 0 Å². The van der Waals surface area contributed by atoms with E-state index in [-0.39, 0.29) is 0 Å². The molecule has 2 heterocycles. The van der Waals surface area contributed by atoms with Gasteiger partial charge in [-0.15, -0.1) is 0 Å². The van der Waals surface area contributed by atoms with E-state index in [4.69, 9.17) is 9.15 Å². The average molecular weight is 294 g/mol. The topological polar surface area (TPSA) is 37.6 Å². The third-order valence-corrected chi connectivity index (χ3v) is 4.15. The predicted molar refractivity (Wildman–Crippen MR) is 85.3 cm³/mol. The van der Waals surface area contributed by atoms with Crippen molar-refractivity contribution in [2.75, 3.05) is 33.4 Å². The Balaban J connectivity index is 1.80. The van der Waals surface area contributed by atoms with E-state index in [1.807, 2.05) is 0 Å². The third kappa shape index (κ3) is 5.46. The summed E-state index contributed by atoms with van der Waals surface area (Å²) in [5.74, 6) is 2.89. The summed E-state index contributed by atoms with van der Waals surface area (Å²) < 4.78 is 11.3. The number of furan rings is 1. The van der Waals surface area contributed by atoms with Crippen molar-refractivity contribution in [1.82, 2.24) is 10.2 Å². The molecule has 0 spiro atoms. The predicted octanol–water partition coefficient (Wildman–Crippen LogP) is 2.95. The number of aryl methyl sites for hydroxylation is 1. The molecule has 0 radical (unpaired) electrons. The largest absolute Gasteiger partial charge is 0.465 e. The van der Waals surface area contributed by atoms with Gasteiger partial charge in [-0.25, -0.2) is 0 Å². The quantitative estimate of drug-likeness (QED) is 0.748. The second-order valence-electron chi connectivity index (χ2n) is 6.22. The van der Waals surface area contributed by atoms with Crippen molar-refractivity contribution in [3.8, 4) is 0 Å². The fourth-order valence-corrected chi connectivity index (χ4v) is 2.95. The summed E-state index contributed by atoms with van der Waals surface area (Å²) >= 11 is 0. The Morgan fingerprint density at radius 2 is 2.10 bits per heavy atom. The lowest BCUT2D eigenvalue weighted by molar-refractivity contribution is 0.0549. The highest BCUT2D eigenvalue weighted by atomic mass is 16.5. The Morgan fingerprint density at radius 1 is 1.33 bits per heavy atom. The minimum atomic E-state index is 0.779. The smallest absolute Gasteiger partial charge is 0.118 e. The molecule has 21 heavy (non-hydrogen) atoms. The molecule has 1 aromatic rings. The van der Waals surface area contributed by atoms with Crippen molar-refractivity contribution in [1.29, 1.82) is 0 Å². The number of rotatable bonds is 8. The van der Waals surface area contributed by atoms with Crippen LogP contribution < -0.4 is 5.32 Å². The first-order valence-electron chi connectivity index (χ1n) is 8.24. The summed E-state index contributed by atoms with van der Waals surface area (Å²) in [6, 6.07) is 2.21. The first-order chi connectivity index (χ1) is 10.2. The Kier molecular flexibility index (Phi) is 6.74. The maximum absolute atomic E-state index is 5.84. The monoisotopic (exact) mass is 294 g/mol. The molecular weight excluding hydrogens is 264 g/mol. The number of nitrogens with one attached hydrogen (secondary N) is 1. The van der Waals surface area contributed by atoms with Crippen molar-refractivity contribution < 1.29 is 9.15 Å². The van der Waals surface area contributed by atoms with Crippen molar-refractivity contribution in [3.05, 3.63) is 23.2 Å². The highest BCUT2D eigenvalue weighted by Gasteiger charge is 2.17. The molecule has 4 nitrogen and oxygen atoms in total. The lowest BCUT2D eigenvalue weighted by Crippen LogP contribution is -2.29. The summed E-state index contributed by atoms with van der Waals surface area (Å²) in [7, 11) is 2.21. The first-order valence-corrected chi connectivity index (χ1v) is 8.24. The van der Waals surface area contributed by atoms with Gasteiger partial charge >= 0.3 is 0 Å². The number of nitrogens with zero attached hydrogens (tertiary/aromatic N) is 1. The van der Waals surface area contributed by atoms with Gasteiger partial charge in [0, 0.05) is 31.9 Å². The van der Waals surface area contributed by atoms with Crippen LogP contribution >= 0.6 is 0 Å². The molecular formula is C17H30N2O2. The molecule has 0 atom stereocenters. The molecule has 2 rings (SSSR count). The van der Waals surface area contributed by atoms with Crippen molar-refractivity contribution in [2.24, 2.45) is 5.92 Å². The molecule has 4 heteroatoms. The summed E-state index contributed by atoms with van der Waals surface area (Å²) in [4.78, 5) is 2.41. The Morgan fingerprint density at radius 3 is 2.81 bits per heavy atom. The molecule has 1 N–H and O–H groups in total. The molecule has 0 saturated carbocycles. The van der Waals surface area contributed by atoms with Gasteiger partial charge in [-0.05, 0) is 51.8 Å². The maximum atomic E-state index is 5.84. The van der Waals surface area contributed by atoms with E-state index in [1.165, 1.54) is 18.4 Å². The van der Waals surface area contributed by atoms with Crippen LogP contribution in [0.3, 0.4) is 0 Å². The van der Waals surface area contributed by atoms with E-state index in [0.717, 1.165) is 63.3 Å². The standard InChI is InChI=1S/C17H30N2O2/c1-4-7-18-11-17-10-16(14(2)21-17)13-19(3)12-15-5-8-20-9-6-15/h10,15,18H,4-9,11-13H2,1-3H3. The van der Waals surface area contributed by atoms with Crippen LogP contribution in [0.2, 0.25) is 0 Å². The van der Waals surface area contributed by atoms with E-state index in [1.54, 1.807) is 0 Å². The van der Waals surface area contributed by atoms with Crippen LogP contribution in [0.1, 0.15) is 43.3 Å². The van der Waals surface area contributed by atoms with Crippen molar-refractivity contribution >= 4 is 0 Å². The molecule has 120 valence electrons. The second kappa shape index (κ2) is 8.57. The van der Waals surface area contributed by atoms with Gasteiger partial charge in [0.1, 0.15) is 11.5 Å². The van der Waals surface area contributed by atoms with Crippen LogP contribution in [-0.4, -0.2) is 38.3 Å². The van der Waals surface area contributed by atoms with Crippen LogP contribution in [-0.2, 0) is 17.8 Å². The normalized spacial score (nSPS) is 16.8. The lowest BCUT2D eigenvalue weighted by Gasteiger charge is -2.26. The van der Waals surface area contributed by atoms with E-state index in [2.05, 4.69) is 37.2 Å². The van der Waals surface area contributed by atoms with Crippen LogP contribution in [0.5, 0.6) is 0 Å². The van der Waals surface area contributed by atoms with Gasteiger partial charge in [0.2, 0.25) is 0 Å². The maximum Gasteiger partial charge on any atom is 0.118 e. The van der Waals surface area contributed by atoms with Gasteiger partial charge in [0.25, 0.3) is 0 Å². The SMILES string of the molecule is CCCNCc1cc(CN(C)CC2CCOCC2)c(C)o1. The molecule has 0 bridgehead atoms. The molecule has 1 aliphatic heterocycles. The Labute approximate surface area is 128 Å².